The molecule has 2 unspecified atom stereocenters. The Morgan fingerprint density at radius 1 is 1.45 bits per heavy atom. The van der Waals surface area contributed by atoms with Gasteiger partial charge in [0.05, 0.1) is 6.61 Å². The Kier molecular flexibility index (Phi) is 4.80. The molecule has 0 aromatic heterocycles. The molecule has 0 radical (unpaired) electrons. The molecule has 0 aliphatic heterocycles. The van der Waals surface area contributed by atoms with Crippen LogP contribution in [0.2, 0.25) is 0 Å². The first kappa shape index (κ1) is 11.6. The summed E-state index contributed by atoms with van der Waals surface area (Å²) in [5.41, 5.74) is 0. The Morgan fingerprint density at radius 3 is 2.00 bits per heavy atom. The van der Waals surface area contributed by atoms with Crippen molar-refractivity contribution in [2.75, 3.05) is 12.4 Å². The second kappa shape index (κ2) is 4.56. The number of hydrogen-bond donors (Lipinski definition) is 4. The van der Waals surface area contributed by atoms with Gasteiger partial charge in [0.25, 0.3) is 10.1 Å². The van der Waals surface area contributed by atoms with Crippen LogP contribution in [0.15, 0.2) is 0 Å². The fourth-order valence-corrected chi connectivity index (χ4v) is 2.76. The van der Waals surface area contributed by atoms with E-state index >= 15 is 0 Å². The molecule has 0 aliphatic rings. The van der Waals surface area contributed by atoms with E-state index in [0.717, 1.165) is 0 Å². The lowest BCUT2D eigenvalue weighted by molar-refractivity contribution is 0.291. The van der Waals surface area contributed by atoms with Crippen LogP contribution in [0.25, 0.3) is 0 Å². The molecule has 0 fully saturated rings. The summed E-state index contributed by atoms with van der Waals surface area (Å²) in [4.78, 5) is 0. The third-order valence-corrected chi connectivity index (χ3v) is 3.80. The van der Waals surface area contributed by atoms with Gasteiger partial charge in [-0.2, -0.15) is 33.7 Å². The third-order valence-electron chi connectivity index (χ3n) is 1.18. The van der Waals surface area contributed by atoms with Gasteiger partial charge in [-0.05, 0) is 0 Å². The second-order valence-corrected chi connectivity index (χ2v) is 4.65. The fourth-order valence-electron chi connectivity index (χ4n) is 0.532. The average molecular weight is 218 g/mol. The summed E-state index contributed by atoms with van der Waals surface area (Å²) in [5.74, 6) is -0.0619. The largest absolute Gasteiger partial charge is 0.395 e. The maximum absolute atomic E-state index is 10.5. The maximum atomic E-state index is 10.5. The van der Waals surface area contributed by atoms with Crippen molar-refractivity contribution in [3.63, 3.8) is 0 Å². The average Bonchev–Trinajstić information content (AvgIpc) is 1.86. The van der Waals surface area contributed by atoms with Crippen LogP contribution >= 0.6 is 25.3 Å². The molecule has 0 aromatic rings. The van der Waals surface area contributed by atoms with Crippen molar-refractivity contribution in [2.24, 2.45) is 0 Å². The lowest BCUT2D eigenvalue weighted by Gasteiger charge is -2.15. The smallest absolute Gasteiger partial charge is 0.269 e. The minimum Gasteiger partial charge on any atom is -0.395 e. The monoisotopic (exact) mass is 218 g/mol. The molecule has 2 atom stereocenters. The predicted molar refractivity (Wildman–Crippen MR) is 49.0 cm³/mol. The van der Waals surface area contributed by atoms with Gasteiger partial charge in [0.15, 0.2) is 0 Å². The van der Waals surface area contributed by atoms with E-state index in [1.54, 1.807) is 0 Å². The standard InChI is InChI=1S/C4H10O4S3/c5-1-3(10)4(2-9)11(6,7)8/h3-5,9-10H,1-2H2,(H,6,7,8). The van der Waals surface area contributed by atoms with Crippen LogP contribution in [0, 0.1) is 0 Å². The van der Waals surface area contributed by atoms with Crippen LogP contribution in [0.4, 0.5) is 0 Å². The Labute approximate surface area is 76.6 Å². The number of rotatable bonds is 4. The number of thiol groups is 2. The van der Waals surface area contributed by atoms with Gasteiger partial charge in [-0.1, -0.05) is 0 Å². The summed E-state index contributed by atoms with van der Waals surface area (Å²) in [6.07, 6.45) is 0. The normalized spacial score (nSPS) is 17.8. The summed E-state index contributed by atoms with van der Waals surface area (Å²) in [7, 11) is -4.14. The molecule has 0 spiro atoms. The van der Waals surface area contributed by atoms with E-state index in [1.165, 1.54) is 0 Å². The lowest BCUT2D eigenvalue weighted by atomic mass is 10.3. The van der Waals surface area contributed by atoms with E-state index in [-0.39, 0.29) is 5.75 Å². The van der Waals surface area contributed by atoms with Crippen molar-refractivity contribution < 1.29 is 18.1 Å². The van der Waals surface area contributed by atoms with Gasteiger partial charge in [0.2, 0.25) is 0 Å². The summed E-state index contributed by atoms with van der Waals surface area (Å²) < 4.78 is 29.6. The van der Waals surface area contributed by atoms with Crippen molar-refractivity contribution in [3.8, 4) is 0 Å². The van der Waals surface area contributed by atoms with Crippen LogP contribution in [0.1, 0.15) is 0 Å². The highest BCUT2D eigenvalue weighted by Gasteiger charge is 2.27. The topological polar surface area (TPSA) is 74.6 Å². The third kappa shape index (κ3) is 3.66. The molecule has 11 heavy (non-hydrogen) atoms. The van der Waals surface area contributed by atoms with Crippen LogP contribution in [-0.2, 0) is 10.1 Å². The van der Waals surface area contributed by atoms with Gasteiger partial charge in [-0.3, -0.25) is 4.55 Å². The van der Waals surface area contributed by atoms with E-state index in [1.807, 2.05) is 0 Å². The van der Waals surface area contributed by atoms with Crippen molar-refractivity contribution in [2.45, 2.75) is 10.5 Å². The Morgan fingerprint density at radius 2 is 1.91 bits per heavy atom. The van der Waals surface area contributed by atoms with Crippen molar-refractivity contribution >= 4 is 35.4 Å². The van der Waals surface area contributed by atoms with Gasteiger partial charge in [0, 0.05) is 11.0 Å². The molecule has 0 aromatic carbocycles. The van der Waals surface area contributed by atoms with Gasteiger partial charge in [0.1, 0.15) is 5.25 Å². The first-order valence-corrected chi connectivity index (χ1v) is 5.44. The van der Waals surface area contributed by atoms with Gasteiger partial charge < -0.3 is 5.11 Å². The van der Waals surface area contributed by atoms with E-state index in [2.05, 4.69) is 25.3 Å². The van der Waals surface area contributed by atoms with Crippen molar-refractivity contribution in [1.82, 2.24) is 0 Å². The first-order valence-electron chi connectivity index (χ1n) is 2.79. The molecular formula is C4H10O4S3. The SMILES string of the molecule is O=S(=O)(O)C(CS)C(S)CO. The zero-order valence-corrected chi connectivity index (χ0v) is 8.19. The zero-order valence-electron chi connectivity index (χ0n) is 5.58. The fraction of sp³-hybridized carbons (Fsp3) is 1.00. The summed E-state index contributed by atoms with van der Waals surface area (Å²) >= 11 is 7.46. The molecule has 0 rings (SSSR count). The molecule has 0 amide bonds. The summed E-state index contributed by atoms with van der Waals surface area (Å²) in [5, 5.41) is 6.61. The molecule has 68 valence electrons. The first-order chi connectivity index (χ1) is 4.93. The van der Waals surface area contributed by atoms with E-state index in [4.69, 9.17) is 9.66 Å². The Hall–Kier alpha value is 0.570. The highest BCUT2D eigenvalue weighted by Crippen LogP contribution is 2.11. The van der Waals surface area contributed by atoms with Crippen LogP contribution in [0.5, 0.6) is 0 Å². The predicted octanol–water partition coefficient (Wildman–Crippen LogP) is -0.537. The molecule has 0 bridgehead atoms. The van der Waals surface area contributed by atoms with Crippen molar-refractivity contribution in [1.29, 1.82) is 0 Å². The lowest BCUT2D eigenvalue weighted by Crippen LogP contribution is -2.34. The second-order valence-electron chi connectivity index (χ2n) is 1.99. The van der Waals surface area contributed by atoms with Gasteiger partial charge in [-0.25, -0.2) is 0 Å². The molecule has 0 aliphatic carbocycles. The summed E-state index contributed by atoms with van der Waals surface area (Å²) in [6, 6.07) is 0. The highest BCUT2D eigenvalue weighted by atomic mass is 32.2. The zero-order chi connectivity index (χ0) is 9.07. The Bertz CT molecular complexity index is 199. The van der Waals surface area contributed by atoms with E-state index in [9.17, 15) is 8.42 Å². The van der Waals surface area contributed by atoms with E-state index < -0.39 is 27.2 Å². The molecule has 4 nitrogen and oxygen atoms in total. The molecular weight excluding hydrogens is 208 g/mol. The maximum Gasteiger partial charge on any atom is 0.269 e. The van der Waals surface area contributed by atoms with E-state index in [0.29, 0.717) is 0 Å². The molecule has 0 saturated carbocycles. The number of aliphatic hydroxyl groups excluding tert-OH is 1. The van der Waals surface area contributed by atoms with Crippen LogP contribution in [0.3, 0.4) is 0 Å². The number of hydrogen-bond acceptors (Lipinski definition) is 5. The van der Waals surface area contributed by atoms with Gasteiger partial charge in [-0.15, -0.1) is 0 Å². The van der Waals surface area contributed by atoms with Crippen molar-refractivity contribution in [3.05, 3.63) is 0 Å². The number of aliphatic hydroxyl groups is 1. The molecule has 0 heterocycles. The molecule has 2 N–H and O–H groups in total. The van der Waals surface area contributed by atoms with Gasteiger partial charge >= 0.3 is 0 Å². The highest BCUT2D eigenvalue weighted by molar-refractivity contribution is 7.90. The van der Waals surface area contributed by atoms with Crippen LogP contribution in [-0.4, -0.2) is 40.9 Å². The molecule has 0 saturated heterocycles. The minimum absolute atomic E-state index is 0.0619. The summed E-state index contributed by atoms with van der Waals surface area (Å²) in [6.45, 7) is -0.409. The van der Waals surface area contributed by atoms with Crippen LogP contribution < -0.4 is 0 Å². The molecule has 7 heteroatoms. The minimum atomic E-state index is -4.14. The quantitative estimate of drug-likeness (QED) is 0.378. The Balaban J connectivity index is 4.42.